The van der Waals surface area contributed by atoms with Gasteiger partial charge in [-0.2, -0.15) is 0 Å². The van der Waals surface area contributed by atoms with Crippen molar-refractivity contribution in [2.24, 2.45) is 0 Å². The highest BCUT2D eigenvalue weighted by molar-refractivity contribution is 7.00. The second kappa shape index (κ2) is 14.7. The molecule has 0 saturated heterocycles. The van der Waals surface area contributed by atoms with Gasteiger partial charge in [0.2, 0.25) is 0 Å². The van der Waals surface area contributed by atoms with Crippen molar-refractivity contribution in [3.8, 4) is 33.6 Å². The molecule has 0 amide bonds. The summed E-state index contributed by atoms with van der Waals surface area (Å²) >= 11 is 0. The van der Waals surface area contributed by atoms with E-state index in [-0.39, 0.29) is 27.1 Å². The molecule has 1 N–H and O–H groups in total. The highest BCUT2D eigenvalue weighted by Gasteiger charge is 2.31. The molecule has 0 radical (unpaired) electrons. The van der Waals surface area contributed by atoms with Crippen molar-refractivity contribution >= 4 is 40.4 Å². The third-order valence-electron chi connectivity index (χ3n) is 12.7. The first kappa shape index (κ1) is 43.3. The molecular weight excluding hydrogens is 743 g/mol. The molecule has 0 saturated carbocycles. The Morgan fingerprint density at radius 2 is 0.967 bits per heavy atom. The number of rotatable bonds is 5. The zero-order chi connectivity index (χ0) is 44.0. The Labute approximate surface area is 362 Å². The van der Waals surface area contributed by atoms with E-state index in [1.807, 2.05) is 12.3 Å². The number of aromatic nitrogens is 3. The Bertz CT molecular complexity index is 2700. The number of H-pyrrole nitrogens is 1. The highest BCUT2D eigenvalue weighted by atomic mass is 28.3. The topological polar surface area (TPSA) is 41.6 Å². The van der Waals surface area contributed by atoms with Gasteiger partial charge in [0.1, 0.15) is 8.07 Å². The second-order valence-electron chi connectivity index (χ2n) is 23.1. The standard InChI is InChI=1S/C56H69N3Si/c1-52(2,3)38-21-22-47-44(32-38)45-33-42(56(13,14)15)34-46(51(45)59-47)49-29-36(35-24-39(53(4,5)6)30-40(25-35)54(7,8)9)28-48(58-49)37-26-41(55(10,11)12)31-43(27-37)60(16,17)50-20-18-19-23-57-50/h18-34,59H,1-17H3. The Kier molecular flexibility index (Phi) is 10.6. The lowest BCUT2D eigenvalue weighted by Gasteiger charge is -2.28. The smallest absolute Gasteiger partial charge is 0.135 e. The quantitative estimate of drug-likeness (QED) is 0.176. The first-order valence-corrected chi connectivity index (χ1v) is 25.0. The van der Waals surface area contributed by atoms with Crippen molar-refractivity contribution in [3.05, 3.63) is 131 Å². The molecule has 0 spiro atoms. The van der Waals surface area contributed by atoms with Gasteiger partial charge in [-0.3, -0.25) is 4.98 Å². The normalized spacial score (nSPS) is 13.4. The molecule has 4 aromatic carbocycles. The summed E-state index contributed by atoms with van der Waals surface area (Å²) in [6.07, 6.45) is 1.94. The van der Waals surface area contributed by atoms with Gasteiger partial charge in [0.05, 0.1) is 16.9 Å². The largest absolute Gasteiger partial charge is 0.354 e. The van der Waals surface area contributed by atoms with Crippen molar-refractivity contribution in [2.45, 2.75) is 144 Å². The van der Waals surface area contributed by atoms with Crippen molar-refractivity contribution in [1.29, 1.82) is 0 Å². The van der Waals surface area contributed by atoms with E-state index in [1.54, 1.807) is 0 Å². The van der Waals surface area contributed by atoms with Crippen LogP contribution < -0.4 is 10.5 Å². The van der Waals surface area contributed by atoms with Crippen LogP contribution in [0.5, 0.6) is 0 Å². The van der Waals surface area contributed by atoms with E-state index in [2.05, 4.69) is 213 Å². The van der Waals surface area contributed by atoms with Crippen LogP contribution in [0.3, 0.4) is 0 Å². The minimum atomic E-state index is -2.19. The van der Waals surface area contributed by atoms with Crippen LogP contribution in [0, 0.1) is 0 Å². The van der Waals surface area contributed by atoms with E-state index < -0.39 is 8.07 Å². The van der Waals surface area contributed by atoms with Gasteiger partial charge in [0.25, 0.3) is 0 Å². The predicted molar refractivity (Wildman–Crippen MR) is 264 cm³/mol. The van der Waals surface area contributed by atoms with E-state index in [1.165, 1.54) is 60.2 Å². The molecule has 3 nitrogen and oxygen atoms in total. The summed E-state index contributed by atoms with van der Waals surface area (Å²) in [7, 11) is -2.19. The maximum absolute atomic E-state index is 5.74. The van der Waals surface area contributed by atoms with Crippen LogP contribution >= 0.6 is 0 Å². The van der Waals surface area contributed by atoms with Crippen LogP contribution in [0.2, 0.25) is 13.1 Å². The lowest BCUT2D eigenvalue weighted by molar-refractivity contribution is 0.569. The molecule has 0 bridgehead atoms. The van der Waals surface area contributed by atoms with E-state index in [9.17, 15) is 0 Å². The van der Waals surface area contributed by atoms with E-state index >= 15 is 0 Å². The highest BCUT2D eigenvalue weighted by Crippen LogP contribution is 2.42. The molecule has 0 aliphatic heterocycles. The molecule has 3 heterocycles. The van der Waals surface area contributed by atoms with Gasteiger partial charge in [0.15, 0.2) is 0 Å². The summed E-state index contributed by atoms with van der Waals surface area (Å²) in [5.41, 5.74) is 15.4. The average Bonchev–Trinajstić information content (AvgIpc) is 3.54. The van der Waals surface area contributed by atoms with Crippen molar-refractivity contribution < 1.29 is 0 Å². The molecule has 7 aromatic rings. The minimum absolute atomic E-state index is 0.0181. The first-order valence-electron chi connectivity index (χ1n) is 22.0. The molecule has 4 heteroatoms. The second-order valence-corrected chi connectivity index (χ2v) is 27.5. The zero-order valence-electron chi connectivity index (χ0n) is 39.7. The van der Waals surface area contributed by atoms with Crippen molar-refractivity contribution in [2.75, 3.05) is 0 Å². The number of pyridine rings is 2. The van der Waals surface area contributed by atoms with Crippen LogP contribution in [-0.2, 0) is 27.1 Å². The summed E-state index contributed by atoms with van der Waals surface area (Å²) in [6, 6.07) is 37.4. The Morgan fingerprint density at radius 1 is 0.450 bits per heavy atom. The van der Waals surface area contributed by atoms with E-state index in [4.69, 9.17) is 9.97 Å². The monoisotopic (exact) mass is 812 g/mol. The van der Waals surface area contributed by atoms with Gasteiger partial charge in [0, 0.05) is 38.9 Å². The maximum Gasteiger partial charge on any atom is 0.135 e. The van der Waals surface area contributed by atoms with E-state index in [0.717, 1.165) is 33.5 Å². The van der Waals surface area contributed by atoms with E-state index in [0.29, 0.717) is 0 Å². The average molecular weight is 812 g/mol. The van der Waals surface area contributed by atoms with Crippen molar-refractivity contribution in [3.63, 3.8) is 0 Å². The third-order valence-corrected chi connectivity index (χ3v) is 16.0. The van der Waals surface area contributed by atoms with Crippen LogP contribution in [0.25, 0.3) is 55.4 Å². The van der Waals surface area contributed by atoms with Gasteiger partial charge in [-0.25, -0.2) is 4.98 Å². The molecule has 0 aliphatic carbocycles. The summed E-state index contributed by atoms with van der Waals surface area (Å²) < 4.78 is 0. The summed E-state index contributed by atoms with van der Waals surface area (Å²) in [6.45, 7) is 39.6. The lowest BCUT2D eigenvalue weighted by atomic mass is 9.78. The zero-order valence-corrected chi connectivity index (χ0v) is 40.7. The molecule has 0 unspecified atom stereocenters. The number of nitrogens with one attached hydrogen (secondary N) is 1. The van der Waals surface area contributed by atoms with Crippen LogP contribution in [-0.4, -0.2) is 23.0 Å². The van der Waals surface area contributed by atoms with Crippen molar-refractivity contribution in [1.82, 2.24) is 15.0 Å². The molecule has 0 aliphatic rings. The number of fused-ring (bicyclic) bond motifs is 3. The van der Waals surface area contributed by atoms with Crippen LogP contribution in [0.1, 0.15) is 132 Å². The van der Waals surface area contributed by atoms with Crippen LogP contribution in [0.15, 0.2) is 103 Å². The number of benzene rings is 4. The molecule has 312 valence electrons. The summed E-state index contributed by atoms with van der Waals surface area (Å²) in [4.78, 5) is 14.6. The third kappa shape index (κ3) is 8.55. The molecule has 0 fully saturated rings. The number of aromatic amines is 1. The fourth-order valence-electron chi connectivity index (χ4n) is 8.19. The molecule has 60 heavy (non-hydrogen) atoms. The summed E-state index contributed by atoms with van der Waals surface area (Å²) in [5.74, 6) is 0. The molecule has 0 atom stereocenters. The number of nitrogens with zero attached hydrogens (tertiary/aromatic N) is 2. The fourth-order valence-corrected chi connectivity index (χ4v) is 10.4. The number of hydrogen-bond acceptors (Lipinski definition) is 2. The Balaban J connectivity index is 1.60. The Morgan fingerprint density at radius 3 is 1.53 bits per heavy atom. The fraction of sp³-hybridized carbons (Fsp3) is 0.393. The van der Waals surface area contributed by atoms with Gasteiger partial charge in [-0.15, -0.1) is 0 Å². The number of hydrogen-bond donors (Lipinski definition) is 1. The maximum atomic E-state index is 5.74. The van der Waals surface area contributed by atoms with Crippen LogP contribution in [0.4, 0.5) is 0 Å². The summed E-state index contributed by atoms with van der Waals surface area (Å²) in [5, 5.41) is 5.06. The van der Waals surface area contributed by atoms with Gasteiger partial charge < -0.3 is 4.98 Å². The molecule has 7 rings (SSSR count). The molecule has 3 aromatic heterocycles. The predicted octanol–water partition coefficient (Wildman–Crippen LogP) is 14.4. The first-order chi connectivity index (χ1) is 27.6. The lowest BCUT2D eigenvalue weighted by Crippen LogP contribution is -2.54. The minimum Gasteiger partial charge on any atom is -0.354 e. The SMILES string of the molecule is CC(C)(C)c1cc(-c2cc(-c3cc(C(C)(C)C)cc([Si](C)(C)c4ccccn4)c3)nc(-c3cc(C(C)(C)C)cc4c3[nH]c3ccc(C(C)(C)C)cc34)c2)cc(C(C)(C)C)c1. The van der Waals surface area contributed by atoms with Gasteiger partial charge >= 0.3 is 0 Å². The Hall–Kier alpha value is -4.80. The van der Waals surface area contributed by atoms with Gasteiger partial charge in [-0.05, 0) is 121 Å². The molecular formula is C56H69N3Si. The van der Waals surface area contributed by atoms with Gasteiger partial charge in [-0.1, -0.05) is 165 Å².